The van der Waals surface area contributed by atoms with Crippen LogP contribution in [0.1, 0.15) is 106 Å². The van der Waals surface area contributed by atoms with Crippen molar-refractivity contribution < 1.29 is 33.6 Å². The summed E-state index contributed by atoms with van der Waals surface area (Å²) in [6, 6.07) is 0. The second-order valence-electron chi connectivity index (χ2n) is 18.2. The van der Waals surface area contributed by atoms with E-state index in [0.717, 1.165) is 57.8 Å². The predicted molar refractivity (Wildman–Crippen MR) is 168 cm³/mol. The third kappa shape index (κ3) is 4.76. The van der Waals surface area contributed by atoms with E-state index in [0.29, 0.717) is 40.6 Å². The zero-order valence-electron chi connectivity index (χ0n) is 28.7. The fraction of sp³-hybridized carbons (Fsp3) is 0.973. The first-order valence-electron chi connectivity index (χ1n) is 18.4. The second kappa shape index (κ2) is 10.6. The van der Waals surface area contributed by atoms with Crippen LogP contribution in [0.25, 0.3) is 0 Å². The van der Waals surface area contributed by atoms with E-state index in [1.165, 1.54) is 45.4 Å². The lowest BCUT2D eigenvalue weighted by atomic mass is 9.46. The van der Waals surface area contributed by atoms with Crippen LogP contribution in [0.3, 0.4) is 0 Å². The predicted octanol–water partition coefficient (Wildman–Crippen LogP) is 5.34. The number of esters is 1. The monoisotopic (exact) mass is 629 g/mol. The number of nitrogens with zero attached hydrogens (tertiary/aromatic N) is 1. The van der Waals surface area contributed by atoms with E-state index in [-0.39, 0.29) is 42.1 Å². The van der Waals surface area contributed by atoms with Gasteiger partial charge < -0.3 is 28.8 Å². The Hall–Kier alpha value is -0.770. The lowest BCUT2D eigenvalue weighted by Gasteiger charge is -2.60. The molecule has 3 saturated heterocycles. The van der Waals surface area contributed by atoms with Crippen molar-refractivity contribution in [3.8, 4) is 0 Å². The van der Waals surface area contributed by atoms with Gasteiger partial charge in [-0.3, -0.25) is 9.69 Å². The summed E-state index contributed by atoms with van der Waals surface area (Å²) >= 11 is 0. The molecule has 8 heteroatoms. The summed E-state index contributed by atoms with van der Waals surface area (Å²) in [6.07, 6.45) is 11.8. The maximum atomic E-state index is 11.9. The van der Waals surface area contributed by atoms with Gasteiger partial charge in [0.25, 0.3) is 0 Å². The van der Waals surface area contributed by atoms with Gasteiger partial charge in [-0.15, -0.1) is 0 Å². The number of carbonyl (C=O) groups excluding carboxylic acids is 1. The third-order valence-electron chi connectivity index (χ3n) is 15.3. The van der Waals surface area contributed by atoms with E-state index in [4.69, 9.17) is 23.7 Å². The molecule has 2 bridgehead atoms. The first-order valence-corrected chi connectivity index (χ1v) is 18.4. The van der Waals surface area contributed by atoms with Gasteiger partial charge in [0, 0.05) is 26.6 Å². The van der Waals surface area contributed by atoms with Crippen molar-refractivity contribution in [2.45, 2.75) is 148 Å². The molecule has 5 saturated carbocycles. The minimum absolute atomic E-state index is 0.132. The molecule has 8 nitrogen and oxygen atoms in total. The first kappa shape index (κ1) is 31.5. The number of ether oxygens (including phenoxy) is 5. The fourth-order valence-corrected chi connectivity index (χ4v) is 13.4. The highest BCUT2D eigenvalue weighted by atomic mass is 16.7. The summed E-state index contributed by atoms with van der Waals surface area (Å²) in [4.78, 5) is 14.4. The molecule has 8 aliphatic rings. The highest BCUT2D eigenvalue weighted by molar-refractivity contribution is 5.66. The molecule has 8 fully saturated rings. The van der Waals surface area contributed by atoms with Crippen LogP contribution in [-0.4, -0.2) is 91.2 Å². The molecule has 0 aromatic carbocycles. The Morgan fingerprint density at radius 3 is 2.53 bits per heavy atom. The Bertz CT molecular complexity index is 1170. The molecule has 0 aromatic rings. The number of hydrogen-bond donors (Lipinski definition) is 1. The van der Waals surface area contributed by atoms with E-state index in [1.54, 1.807) is 13.8 Å². The average Bonchev–Trinajstić information content (AvgIpc) is 3.58. The van der Waals surface area contributed by atoms with Gasteiger partial charge in [-0.25, -0.2) is 0 Å². The Morgan fingerprint density at radius 1 is 0.956 bits per heavy atom. The molecule has 0 amide bonds. The molecule has 0 radical (unpaired) electrons. The largest absolute Gasteiger partial charge is 0.457 e. The van der Waals surface area contributed by atoms with Crippen LogP contribution in [0.15, 0.2) is 0 Å². The second-order valence-corrected chi connectivity index (χ2v) is 18.2. The number of carbonyl (C=O) groups is 1. The molecule has 45 heavy (non-hydrogen) atoms. The quantitative estimate of drug-likeness (QED) is 0.408. The average molecular weight is 630 g/mol. The van der Waals surface area contributed by atoms with E-state index in [9.17, 15) is 9.90 Å². The van der Waals surface area contributed by atoms with Gasteiger partial charge in [-0.1, -0.05) is 20.8 Å². The normalized spacial score (nSPS) is 52.2. The molecule has 8 rings (SSSR count). The molecular weight excluding hydrogens is 570 g/mol. The van der Waals surface area contributed by atoms with Crippen LogP contribution in [0.5, 0.6) is 0 Å². The minimum atomic E-state index is -1.13. The number of morpholine rings is 1. The topological polar surface area (TPSA) is 86.7 Å². The summed E-state index contributed by atoms with van der Waals surface area (Å²) in [6.45, 7) is 16.8. The Labute approximate surface area is 270 Å². The van der Waals surface area contributed by atoms with Crippen molar-refractivity contribution in [2.75, 3.05) is 32.8 Å². The minimum Gasteiger partial charge on any atom is -0.457 e. The molecule has 3 aliphatic heterocycles. The molecule has 5 aliphatic carbocycles. The molecular formula is C37H59NO7. The van der Waals surface area contributed by atoms with Gasteiger partial charge in [0.15, 0.2) is 12.4 Å². The lowest BCUT2D eigenvalue weighted by molar-refractivity contribution is -0.228. The van der Waals surface area contributed by atoms with Gasteiger partial charge in [0.2, 0.25) is 0 Å². The van der Waals surface area contributed by atoms with Crippen molar-refractivity contribution >= 4 is 5.97 Å². The lowest BCUT2D eigenvalue weighted by Crippen LogP contribution is -2.55. The Balaban J connectivity index is 0.975. The van der Waals surface area contributed by atoms with Crippen molar-refractivity contribution in [2.24, 2.45) is 45.3 Å². The van der Waals surface area contributed by atoms with Crippen LogP contribution in [0, 0.1) is 45.3 Å². The molecule has 3 heterocycles. The van der Waals surface area contributed by atoms with Crippen LogP contribution in [0.4, 0.5) is 0 Å². The Morgan fingerprint density at radius 2 is 1.76 bits per heavy atom. The highest BCUT2D eigenvalue weighted by Gasteiger charge is 2.80. The third-order valence-corrected chi connectivity index (χ3v) is 15.3. The summed E-state index contributed by atoms with van der Waals surface area (Å²) in [7, 11) is 0. The number of hydrogen-bond acceptors (Lipinski definition) is 8. The maximum Gasteiger partial charge on any atom is 0.303 e. The van der Waals surface area contributed by atoms with E-state index >= 15 is 0 Å². The number of fused-ring (bicyclic) bond motifs is 6. The van der Waals surface area contributed by atoms with Crippen molar-refractivity contribution in [1.82, 2.24) is 4.90 Å². The molecule has 1 N–H and O–H groups in total. The Kier molecular flexibility index (Phi) is 7.43. The zero-order chi connectivity index (χ0) is 31.6. The molecule has 2 spiro atoms. The van der Waals surface area contributed by atoms with Gasteiger partial charge in [-0.2, -0.15) is 0 Å². The standard InChI is InChI=1S/C37H59NO7/c1-22(39)43-32(34(4,5)40)27-9-7-25-28(44-27)17-26-24-8-10-29-33(2,3)30(45-31-19-38-15-16-41-23(18-38)20-42-31)11-12-37(29)21-36(24,37)14-13-35(25,26)6/h23-32,40H,7-21H2,1-6H3/t23-,24?,25?,26?,27?,28?,29?,30+,31?,32+,35?,36+,37?/m1/s1. The maximum absolute atomic E-state index is 11.9. The van der Waals surface area contributed by atoms with Gasteiger partial charge >= 0.3 is 5.97 Å². The van der Waals surface area contributed by atoms with Crippen LogP contribution < -0.4 is 0 Å². The van der Waals surface area contributed by atoms with Crippen LogP contribution in [0.2, 0.25) is 0 Å². The fourth-order valence-electron chi connectivity index (χ4n) is 13.4. The molecule has 0 aromatic heterocycles. The number of rotatable bonds is 5. The van der Waals surface area contributed by atoms with Gasteiger partial charge in [0.05, 0.1) is 43.2 Å². The van der Waals surface area contributed by atoms with Gasteiger partial charge in [-0.05, 0) is 123 Å². The summed E-state index contributed by atoms with van der Waals surface area (Å²) < 4.78 is 31.7. The smallest absolute Gasteiger partial charge is 0.303 e. The molecule has 10 unspecified atom stereocenters. The SMILES string of the molecule is CC(=O)O[C@@H](C1CCC2C(CC3C4CCC5C(C)(C)[C@@H](OC6CN7CCO[C@@H](CO6)C7)CCC56C[C@@]46CCC23C)O1)C(C)(C)O. The molecule has 14 atom stereocenters. The van der Waals surface area contributed by atoms with Crippen molar-refractivity contribution in [1.29, 1.82) is 0 Å². The summed E-state index contributed by atoms with van der Waals surface area (Å²) in [5, 5.41) is 10.9. The van der Waals surface area contributed by atoms with Crippen LogP contribution >= 0.6 is 0 Å². The number of aliphatic hydroxyl groups is 1. The zero-order valence-corrected chi connectivity index (χ0v) is 28.7. The van der Waals surface area contributed by atoms with Gasteiger partial charge in [0.1, 0.15) is 0 Å². The summed E-state index contributed by atoms with van der Waals surface area (Å²) in [5.74, 6) is 2.39. The van der Waals surface area contributed by atoms with E-state index < -0.39 is 11.7 Å². The first-order chi connectivity index (χ1) is 21.3. The molecule has 254 valence electrons. The van der Waals surface area contributed by atoms with E-state index in [2.05, 4.69) is 25.7 Å². The van der Waals surface area contributed by atoms with E-state index in [1.807, 2.05) is 0 Å². The van der Waals surface area contributed by atoms with Crippen molar-refractivity contribution in [3.05, 3.63) is 0 Å². The van der Waals surface area contributed by atoms with Crippen LogP contribution in [-0.2, 0) is 28.5 Å². The highest BCUT2D eigenvalue weighted by Crippen LogP contribution is 2.87. The summed E-state index contributed by atoms with van der Waals surface area (Å²) in [5.41, 5.74) is 0.271. The van der Waals surface area contributed by atoms with Crippen molar-refractivity contribution in [3.63, 3.8) is 0 Å².